The lowest BCUT2D eigenvalue weighted by molar-refractivity contribution is -0.119. The van der Waals surface area contributed by atoms with Crippen molar-refractivity contribution in [1.82, 2.24) is 15.3 Å². The van der Waals surface area contributed by atoms with Crippen molar-refractivity contribution in [2.45, 2.75) is 20.5 Å². The summed E-state index contributed by atoms with van der Waals surface area (Å²) >= 11 is 0. The van der Waals surface area contributed by atoms with E-state index in [1.54, 1.807) is 25.1 Å². The number of hydrazine groups is 1. The molecule has 0 bridgehead atoms. The third-order valence-corrected chi connectivity index (χ3v) is 2.66. The third-order valence-electron chi connectivity index (χ3n) is 2.66. The maximum absolute atomic E-state index is 11.8. The molecule has 0 aromatic carbocycles. The SMILES string of the molecule is COCc1nc(NN)cc(N(C)CC(=O)NCC(C)C)n1. The Labute approximate surface area is 125 Å². The molecule has 1 amide bonds. The van der Waals surface area contributed by atoms with E-state index in [1.165, 1.54) is 0 Å². The molecule has 8 nitrogen and oxygen atoms in total. The van der Waals surface area contributed by atoms with Crippen LogP contribution in [0.4, 0.5) is 11.6 Å². The number of nitrogen functional groups attached to an aromatic ring is 1. The minimum Gasteiger partial charge on any atom is -0.377 e. The van der Waals surface area contributed by atoms with Crippen molar-refractivity contribution in [2.24, 2.45) is 11.8 Å². The summed E-state index contributed by atoms with van der Waals surface area (Å²) in [4.78, 5) is 22.1. The highest BCUT2D eigenvalue weighted by Gasteiger charge is 2.12. The monoisotopic (exact) mass is 296 g/mol. The van der Waals surface area contributed by atoms with E-state index in [4.69, 9.17) is 10.6 Å². The molecule has 4 N–H and O–H groups in total. The van der Waals surface area contributed by atoms with Crippen LogP contribution in [-0.4, -0.2) is 43.1 Å². The van der Waals surface area contributed by atoms with Gasteiger partial charge in [-0.25, -0.2) is 15.8 Å². The standard InChI is InChI=1S/C13H24N6O2/c1-9(2)6-15-13(20)7-19(3)12-5-10(18-14)16-11(17-12)8-21-4/h5,9H,6-8,14H2,1-4H3,(H,15,20)(H,16,17,18). The molecular weight excluding hydrogens is 272 g/mol. The van der Waals surface area contributed by atoms with E-state index in [0.29, 0.717) is 29.9 Å². The van der Waals surface area contributed by atoms with Gasteiger partial charge in [0.2, 0.25) is 5.91 Å². The van der Waals surface area contributed by atoms with Crippen molar-refractivity contribution in [2.75, 3.05) is 37.6 Å². The zero-order chi connectivity index (χ0) is 15.8. The first-order chi connectivity index (χ1) is 9.96. The van der Waals surface area contributed by atoms with Crippen LogP contribution in [0, 0.1) is 5.92 Å². The second-order valence-electron chi connectivity index (χ2n) is 5.16. The Bertz CT molecular complexity index is 466. The molecule has 1 aromatic heterocycles. The number of aromatic nitrogens is 2. The molecule has 0 spiro atoms. The van der Waals surface area contributed by atoms with Gasteiger partial charge in [-0.3, -0.25) is 4.79 Å². The van der Waals surface area contributed by atoms with Gasteiger partial charge in [-0.05, 0) is 5.92 Å². The summed E-state index contributed by atoms with van der Waals surface area (Å²) < 4.78 is 5.02. The van der Waals surface area contributed by atoms with Crippen LogP contribution < -0.4 is 21.5 Å². The molecule has 0 fully saturated rings. The highest BCUT2D eigenvalue weighted by atomic mass is 16.5. The average Bonchev–Trinajstić information content (AvgIpc) is 2.45. The number of nitrogens with two attached hydrogens (primary N) is 1. The molecule has 0 aliphatic heterocycles. The lowest BCUT2D eigenvalue weighted by Gasteiger charge is -2.19. The summed E-state index contributed by atoms with van der Waals surface area (Å²) in [6.45, 7) is 5.23. The van der Waals surface area contributed by atoms with Crippen LogP contribution in [-0.2, 0) is 16.1 Å². The first-order valence-corrected chi connectivity index (χ1v) is 6.77. The fourth-order valence-corrected chi connectivity index (χ4v) is 1.62. The first-order valence-electron chi connectivity index (χ1n) is 6.77. The van der Waals surface area contributed by atoms with E-state index in [9.17, 15) is 4.79 Å². The van der Waals surface area contributed by atoms with Crippen molar-refractivity contribution in [3.05, 3.63) is 11.9 Å². The minimum atomic E-state index is -0.0552. The Morgan fingerprint density at radius 2 is 2.19 bits per heavy atom. The highest BCUT2D eigenvalue weighted by Crippen LogP contribution is 2.14. The van der Waals surface area contributed by atoms with E-state index in [0.717, 1.165) is 0 Å². The number of ether oxygens (including phenoxy) is 1. The van der Waals surface area contributed by atoms with E-state index < -0.39 is 0 Å². The van der Waals surface area contributed by atoms with Gasteiger partial charge in [0.05, 0.1) is 6.54 Å². The zero-order valence-corrected chi connectivity index (χ0v) is 13.0. The number of hydrogen-bond acceptors (Lipinski definition) is 7. The molecule has 118 valence electrons. The fraction of sp³-hybridized carbons (Fsp3) is 0.615. The molecule has 8 heteroatoms. The number of amides is 1. The number of nitrogens with zero attached hydrogens (tertiary/aromatic N) is 3. The number of nitrogens with one attached hydrogen (secondary N) is 2. The molecule has 0 saturated carbocycles. The van der Waals surface area contributed by atoms with E-state index in [1.807, 2.05) is 13.8 Å². The van der Waals surface area contributed by atoms with Gasteiger partial charge in [0.1, 0.15) is 18.2 Å². The molecule has 0 aliphatic rings. The van der Waals surface area contributed by atoms with Crippen molar-refractivity contribution in [1.29, 1.82) is 0 Å². The molecule has 1 rings (SSSR count). The maximum Gasteiger partial charge on any atom is 0.239 e. The summed E-state index contributed by atoms with van der Waals surface area (Å²) in [5, 5.41) is 2.86. The number of likely N-dealkylation sites (N-methyl/N-ethyl adjacent to an activating group) is 1. The van der Waals surface area contributed by atoms with Gasteiger partial charge >= 0.3 is 0 Å². The van der Waals surface area contributed by atoms with Gasteiger partial charge in [0.15, 0.2) is 5.82 Å². The Hall–Kier alpha value is -1.93. The van der Waals surface area contributed by atoms with Crippen LogP contribution in [0.2, 0.25) is 0 Å². The van der Waals surface area contributed by atoms with Gasteiger partial charge in [-0.2, -0.15) is 0 Å². The number of methoxy groups -OCH3 is 1. The van der Waals surface area contributed by atoms with Crippen LogP contribution in [0.3, 0.4) is 0 Å². The molecule has 21 heavy (non-hydrogen) atoms. The number of carbonyl (C=O) groups excluding carboxylic acids is 1. The normalized spacial score (nSPS) is 10.6. The van der Waals surface area contributed by atoms with Crippen LogP contribution in [0.5, 0.6) is 0 Å². The Kier molecular flexibility index (Phi) is 6.83. The molecule has 0 aliphatic carbocycles. The Morgan fingerprint density at radius 1 is 1.48 bits per heavy atom. The van der Waals surface area contributed by atoms with Gasteiger partial charge in [0.25, 0.3) is 0 Å². The van der Waals surface area contributed by atoms with Gasteiger partial charge < -0.3 is 20.4 Å². The molecule has 0 radical (unpaired) electrons. The number of rotatable bonds is 8. The minimum absolute atomic E-state index is 0.0552. The topological polar surface area (TPSA) is 105 Å². The van der Waals surface area contributed by atoms with Crippen LogP contribution >= 0.6 is 0 Å². The number of hydrogen-bond donors (Lipinski definition) is 3. The zero-order valence-electron chi connectivity index (χ0n) is 13.0. The smallest absolute Gasteiger partial charge is 0.239 e. The maximum atomic E-state index is 11.8. The third kappa shape index (κ3) is 5.92. The van der Waals surface area contributed by atoms with E-state index in [2.05, 4.69) is 20.7 Å². The number of carbonyl (C=O) groups is 1. The van der Waals surface area contributed by atoms with Crippen molar-refractivity contribution in [3.63, 3.8) is 0 Å². The lowest BCUT2D eigenvalue weighted by atomic mass is 10.2. The quantitative estimate of drug-likeness (QED) is 0.462. The molecule has 0 unspecified atom stereocenters. The molecule has 1 aromatic rings. The van der Waals surface area contributed by atoms with Gasteiger partial charge in [0, 0.05) is 26.8 Å². The fourth-order valence-electron chi connectivity index (χ4n) is 1.62. The van der Waals surface area contributed by atoms with Crippen LogP contribution in [0.15, 0.2) is 6.07 Å². The summed E-state index contributed by atoms with van der Waals surface area (Å²) in [6, 6.07) is 1.68. The molecule has 0 atom stereocenters. The van der Waals surface area contributed by atoms with Crippen molar-refractivity contribution < 1.29 is 9.53 Å². The number of anilines is 2. The van der Waals surface area contributed by atoms with Gasteiger partial charge in [-0.1, -0.05) is 13.8 Å². The largest absolute Gasteiger partial charge is 0.377 e. The second-order valence-corrected chi connectivity index (χ2v) is 5.16. The first kappa shape index (κ1) is 17.1. The second kappa shape index (κ2) is 8.38. The molecule has 0 saturated heterocycles. The molecular formula is C13H24N6O2. The van der Waals surface area contributed by atoms with E-state index in [-0.39, 0.29) is 19.1 Å². The summed E-state index contributed by atoms with van der Waals surface area (Å²) in [7, 11) is 3.35. The van der Waals surface area contributed by atoms with E-state index >= 15 is 0 Å². The summed E-state index contributed by atoms with van der Waals surface area (Å²) in [5.41, 5.74) is 2.48. The van der Waals surface area contributed by atoms with Crippen molar-refractivity contribution in [3.8, 4) is 0 Å². The Balaban J connectivity index is 2.74. The van der Waals surface area contributed by atoms with Gasteiger partial charge in [-0.15, -0.1) is 0 Å². The van der Waals surface area contributed by atoms with Crippen molar-refractivity contribution >= 4 is 17.5 Å². The Morgan fingerprint density at radius 3 is 2.76 bits per heavy atom. The average molecular weight is 296 g/mol. The predicted molar refractivity (Wildman–Crippen MR) is 81.7 cm³/mol. The predicted octanol–water partition coefficient (Wildman–Crippen LogP) is 0.117. The van der Waals surface area contributed by atoms with Crippen LogP contribution in [0.1, 0.15) is 19.7 Å². The highest BCUT2D eigenvalue weighted by molar-refractivity contribution is 5.81. The lowest BCUT2D eigenvalue weighted by Crippen LogP contribution is -2.37. The van der Waals surface area contributed by atoms with Crippen LogP contribution in [0.25, 0.3) is 0 Å². The summed E-state index contributed by atoms with van der Waals surface area (Å²) in [5.74, 6) is 7.32. The molecule has 1 heterocycles. The summed E-state index contributed by atoms with van der Waals surface area (Å²) in [6.07, 6.45) is 0.